The van der Waals surface area contributed by atoms with Gasteiger partial charge in [0.05, 0.1) is 42.2 Å². The average Bonchev–Trinajstić information content (AvgIpc) is 3.25. The Bertz CT molecular complexity index is 950. The lowest BCUT2D eigenvalue weighted by atomic mass is 9.89. The lowest BCUT2D eigenvalue weighted by Crippen LogP contribution is -2.33. The predicted molar refractivity (Wildman–Crippen MR) is 114 cm³/mol. The first-order valence-electron chi connectivity index (χ1n) is 10.5. The Morgan fingerprint density at radius 2 is 2.03 bits per heavy atom. The predicted octanol–water partition coefficient (Wildman–Crippen LogP) is 3.24. The second-order valence-electron chi connectivity index (χ2n) is 8.18. The Labute approximate surface area is 180 Å². The van der Waals surface area contributed by atoms with E-state index in [1.165, 1.54) is 0 Å². The number of hydrogen-bond acceptors (Lipinski definition) is 6. The molecule has 0 spiro atoms. The van der Waals surface area contributed by atoms with E-state index in [1.807, 2.05) is 6.07 Å². The first-order chi connectivity index (χ1) is 14.6. The highest BCUT2D eigenvalue weighted by molar-refractivity contribution is 6.33. The Balaban J connectivity index is 1.49. The topological polar surface area (TPSA) is 80.2 Å². The monoisotopic (exact) mass is 431 g/mol. The quantitative estimate of drug-likeness (QED) is 0.689. The van der Waals surface area contributed by atoms with Crippen molar-refractivity contribution in [1.82, 2.24) is 0 Å². The molecule has 3 aliphatic heterocycles. The van der Waals surface area contributed by atoms with Gasteiger partial charge in [0.2, 0.25) is 0 Å². The Morgan fingerprint density at radius 1 is 1.13 bits per heavy atom. The molecule has 0 bridgehead atoms. The molecule has 3 aliphatic rings. The zero-order valence-corrected chi connectivity index (χ0v) is 17.5. The van der Waals surface area contributed by atoms with Crippen LogP contribution >= 0.6 is 11.6 Å². The molecule has 6 nitrogen and oxygen atoms in total. The van der Waals surface area contributed by atoms with E-state index < -0.39 is 6.10 Å². The van der Waals surface area contributed by atoms with E-state index in [2.05, 4.69) is 23.5 Å². The fourth-order valence-electron chi connectivity index (χ4n) is 4.65. The van der Waals surface area contributed by atoms with Crippen LogP contribution in [0.3, 0.4) is 0 Å². The SMILES string of the molecule is OCC1CC(O)CC(c2cc(Cc3ccc4c(c3)NCCO4)c(Cl)c3c2CCO3)O1. The molecule has 3 unspecified atom stereocenters. The fourth-order valence-corrected chi connectivity index (χ4v) is 4.94. The molecule has 3 heterocycles. The van der Waals surface area contributed by atoms with Gasteiger partial charge in [0.15, 0.2) is 0 Å². The molecule has 1 fully saturated rings. The molecule has 5 rings (SSSR count). The van der Waals surface area contributed by atoms with Crippen LogP contribution in [0.2, 0.25) is 5.02 Å². The summed E-state index contributed by atoms with van der Waals surface area (Å²) < 4.78 is 17.7. The smallest absolute Gasteiger partial charge is 0.142 e. The Kier molecular flexibility index (Phi) is 5.50. The number of benzene rings is 2. The van der Waals surface area contributed by atoms with Gasteiger partial charge in [-0.3, -0.25) is 0 Å². The van der Waals surface area contributed by atoms with Crippen LogP contribution in [-0.2, 0) is 17.6 Å². The summed E-state index contributed by atoms with van der Waals surface area (Å²) in [5.41, 5.74) is 5.15. The third-order valence-corrected chi connectivity index (χ3v) is 6.49. The summed E-state index contributed by atoms with van der Waals surface area (Å²) >= 11 is 6.75. The second-order valence-corrected chi connectivity index (χ2v) is 8.56. The molecule has 3 N–H and O–H groups in total. The maximum Gasteiger partial charge on any atom is 0.142 e. The summed E-state index contributed by atoms with van der Waals surface area (Å²) in [6.45, 7) is 1.95. The molecule has 0 saturated carbocycles. The Hall–Kier alpha value is -1.99. The van der Waals surface area contributed by atoms with Gasteiger partial charge in [-0.05, 0) is 35.2 Å². The number of aliphatic hydroxyl groups is 2. The van der Waals surface area contributed by atoms with E-state index >= 15 is 0 Å². The molecule has 0 aliphatic carbocycles. The molecule has 0 aromatic heterocycles. The Morgan fingerprint density at radius 3 is 2.90 bits per heavy atom. The summed E-state index contributed by atoms with van der Waals surface area (Å²) in [5, 5.41) is 23.9. The third-order valence-electron chi connectivity index (χ3n) is 6.07. The minimum Gasteiger partial charge on any atom is -0.491 e. The lowest BCUT2D eigenvalue weighted by Gasteiger charge is -2.33. The molecular formula is C23H26ClNO5. The fraction of sp³-hybridized carbons (Fsp3) is 0.478. The van der Waals surface area contributed by atoms with Gasteiger partial charge in [-0.2, -0.15) is 0 Å². The molecule has 2 aromatic rings. The van der Waals surface area contributed by atoms with Crippen molar-refractivity contribution in [1.29, 1.82) is 0 Å². The van der Waals surface area contributed by atoms with Gasteiger partial charge >= 0.3 is 0 Å². The number of rotatable bonds is 4. The highest BCUT2D eigenvalue weighted by atomic mass is 35.5. The molecule has 0 radical (unpaired) electrons. The van der Waals surface area contributed by atoms with Crippen LogP contribution in [0.25, 0.3) is 0 Å². The third kappa shape index (κ3) is 3.73. The molecule has 3 atom stereocenters. The first-order valence-corrected chi connectivity index (χ1v) is 10.9. The van der Waals surface area contributed by atoms with Crippen molar-refractivity contribution in [2.24, 2.45) is 0 Å². The van der Waals surface area contributed by atoms with Crippen molar-refractivity contribution in [2.75, 3.05) is 31.7 Å². The van der Waals surface area contributed by atoms with Gasteiger partial charge in [-0.1, -0.05) is 23.7 Å². The second kappa shape index (κ2) is 8.27. The van der Waals surface area contributed by atoms with E-state index in [9.17, 15) is 10.2 Å². The summed E-state index contributed by atoms with van der Waals surface area (Å²) in [7, 11) is 0. The van der Waals surface area contributed by atoms with E-state index in [4.69, 9.17) is 25.8 Å². The highest BCUT2D eigenvalue weighted by Crippen LogP contribution is 2.44. The van der Waals surface area contributed by atoms with Crippen LogP contribution in [0.4, 0.5) is 5.69 Å². The van der Waals surface area contributed by atoms with Gasteiger partial charge in [0.1, 0.15) is 18.1 Å². The molecule has 1 saturated heterocycles. The number of anilines is 1. The van der Waals surface area contributed by atoms with Crippen molar-refractivity contribution in [3.8, 4) is 11.5 Å². The standard InChI is InChI=1S/C23H26ClNO5/c24-22-14(7-13-1-2-20-19(8-13)25-4-6-28-20)9-18(17-3-5-29-23(17)22)21-11-15(27)10-16(12-26)30-21/h1-2,8-9,15-16,21,25-27H,3-7,10-12H2. The summed E-state index contributed by atoms with van der Waals surface area (Å²) in [4.78, 5) is 0. The van der Waals surface area contributed by atoms with Crippen molar-refractivity contribution < 1.29 is 24.4 Å². The molecule has 7 heteroatoms. The van der Waals surface area contributed by atoms with Gasteiger partial charge in [0, 0.05) is 31.4 Å². The van der Waals surface area contributed by atoms with Crippen LogP contribution in [0.15, 0.2) is 24.3 Å². The number of ether oxygens (including phenoxy) is 3. The van der Waals surface area contributed by atoms with Gasteiger partial charge in [0.25, 0.3) is 0 Å². The van der Waals surface area contributed by atoms with E-state index in [0.717, 1.165) is 52.4 Å². The molecular weight excluding hydrogens is 406 g/mol. The van der Waals surface area contributed by atoms with Gasteiger partial charge in [-0.15, -0.1) is 0 Å². The summed E-state index contributed by atoms with van der Waals surface area (Å²) in [6, 6.07) is 8.23. The van der Waals surface area contributed by atoms with E-state index in [-0.39, 0.29) is 18.8 Å². The normalized spacial score (nSPS) is 25.0. The maximum absolute atomic E-state index is 10.3. The van der Waals surface area contributed by atoms with Crippen LogP contribution in [0.1, 0.15) is 41.2 Å². The number of aliphatic hydroxyl groups excluding tert-OH is 2. The van der Waals surface area contributed by atoms with Crippen molar-refractivity contribution in [3.63, 3.8) is 0 Å². The number of halogens is 1. The van der Waals surface area contributed by atoms with Gasteiger partial charge < -0.3 is 29.7 Å². The largest absolute Gasteiger partial charge is 0.491 e. The van der Waals surface area contributed by atoms with Crippen LogP contribution < -0.4 is 14.8 Å². The van der Waals surface area contributed by atoms with Crippen LogP contribution in [0, 0.1) is 0 Å². The van der Waals surface area contributed by atoms with Crippen molar-refractivity contribution in [2.45, 2.75) is 44.0 Å². The number of nitrogens with one attached hydrogen (secondary N) is 1. The summed E-state index contributed by atoms with van der Waals surface area (Å²) in [6.07, 6.45) is 1.24. The molecule has 0 amide bonds. The molecule has 160 valence electrons. The zero-order chi connectivity index (χ0) is 20.7. The highest BCUT2D eigenvalue weighted by Gasteiger charge is 2.33. The molecule has 30 heavy (non-hydrogen) atoms. The zero-order valence-electron chi connectivity index (χ0n) is 16.7. The lowest BCUT2D eigenvalue weighted by molar-refractivity contribution is -0.114. The van der Waals surface area contributed by atoms with Crippen LogP contribution in [0.5, 0.6) is 11.5 Å². The van der Waals surface area contributed by atoms with Crippen molar-refractivity contribution >= 4 is 17.3 Å². The van der Waals surface area contributed by atoms with E-state index in [0.29, 0.717) is 37.5 Å². The number of fused-ring (bicyclic) bond motifs is 2. The first kappa shape index (κ1) is 19.9. The average molecular weight is 432 g/mol. The summed E-state index contributed by atoms with van der Waals surface area (Å²) in [5.74, 6) is 1.60. The van der Waals surface area contributed by atoms with Crippen molar-refractivity contribution in [3.05, 3.63) is 51.5 Å². The maximum atomic E-state index is 10.3. The van der Waals surface area contributed by atoms with E-state index in [1.54, 1.807) is 0 Å². The molecule has 2 aromatic carbocycles. The minimum absolute atomic E-state index is 0.100. The van der Waals surface area contributed by atoms with Gasteiger partial charge in [-0.25, -0.2) is 0 Å². The van der Waals surface area contributed by atoms with Crippen LogP contribution in [-0.4, -0.2) is 48.8 Å². The minimum atomic E-state index is -0.496. The number of hydrogen-bond donors (Lipinski definition) is 3.